The summed E-state index contributed by atoms with van der Waals surface area (Å²) in [5.74, 6) is -7.12. The zero-order valence-electron chi connectivity index (χ0n) is 17.4. The Balaban J connectivity index is 1.73. The summed E-state index contributed by atoms with van der Waals surface area (Å²) in [6, 6.07) is 6.08. The van der Waals surface area contributed by atoms with Gasteiger partial charge in [0.25, 0.3) is 0 Å². The van der Waals surface area contributed by atoms with Gasteiger partial charge in [-0.25, -0.2) is 15.0 Å². The first kappa shape index (κ1) is 23.6. The lowest BCUT2D eigenvalue weighted by molar-refractivity contribution is -0.270. The number of halogens is 3. The normalized spacial score (nSPS) is 23.8. The highest BCUT2D eigenvalue weighted by Gasteiger charge is 2.47. The standard InChI is InChI=1S/C21H18F3N3O7/c22-21(23,24)20(31)33-14-7-6-13-16(19(30)12-5-2-1-4-11(12)18(13)29)17(14)26-27-8-3-9-32-34-15(28)10-25-27/h1-2,4-7,13,16,25-26H,3,8-10H2. The van der Waals surface area contributed by atoms with Crippen LogP contribution in [0, 0.1) is 11.8 Å². The van der Waals surface area contributed by atoms with Crippen LogP contribution >= 0.6 is 0 Å². The Morgan fingerprint density at radius 3 is 2.56 bits per heavy atom. The lowest BCUT2D eigenvalue weighted by Crippen LogP contribution is -2.53. The van der Waals surface area contributed by atoms with E-state index in [1.54, 1.807) is 12.1 Å². The molecule has 1 aliphatic heterocycles. The monoisotopic (exact) mass is 481 g/mol. The first-order valence-corrected chi connectivity index (χ1v) is 10.2. The molecule has 2 aliphatic carbocycles. The van der Waals surface area contributed by atoms with Gasteiger partial charge in [0.1, 0.15) is 6.54 Å². The van der Waals surface area contributed by atoms with E-state index in [1.807, 2.05) is 0 Å². The fourth-order valence-corrected chi connectivity index (χ4v) is 3.79. The number of Topliss-reactive ketones (excluding diaryl/α,β-unsaturated/α-hetero) is 2. The number of carbonyl (C=O) groups is 4. The molecule has 1 aromatic rings. The molecule has 0 bridgehead atoms. The van der Waals surface area contributed by atoms with E-state index in [2.05, 4.69) is 20.5 Å². The number of hydrogen-bond acceptors (Lipinski definition) is 10. The zero-order chi connectivity index (χ0) is 24.5. The number of nitrogens with zero attached hydrogens (tertiary/aromatic N) is 1. The molecule has 0 amide bonds. The van der Waals surface area contributed by atoms with Crippen LogP contribution in [0.1, 0.15) is 27.1 Å². The SMILES string of the molecule is O=C1CNN(NC2=C(OC(=O)C(F)(F)F)C=CC3C(=O)c4ccccc4C(=O)C23)CCCOO1. The number of benzene rings is 1. The Labute approximate surface area is 190 Å². The zero-order valence-corrected chi connectivity index (χ0v) is 17.4. The van der Waals surface area contributed by atoms with Crippen LogP contribution in [0.2, 0.25) is 0 Å². The smallest absolute Gasteiger partial charge is 0.418 e. The number of allylic oxidation sites excluding steroid dienone is 3. The molecule has 0 spiro atoms. The molecule has 0 saturated carbocycles. The Kier molecular flexibility index (Phi) is 6.50. The second-order valence-electron chi connectivity index (χ2n) is 7.53. The van der Waals surface area contributed by atoms with Gasteiger partial charge in [-0.3, -0.25) is 14.5 Å². The molecule has 1 saturated heterocycles. The molecular weight excluding hydrogens is 463 g/mol. The van der Waals surface area contributed by atoms with Crippen molar-refractivity contribution in [2.24, 2.45) is 11.8 Å². The number of esters is 1. The molecule has 2 unspecified atom stereocenters. The van der Waals surface area contributed by atoms with Gasteiger partial charge in [-0.1, -0.05) is 30.3 Å². The Morgan fingerprint density at radius 1 is 1.15 bits per heavy atom. The predicted molar refractivity (Wildman–Crippen MR) is 105 cm³/mol. The minimum Gasteiger partial charge on any atom is -0.418 e. The summed E-state index contributed by atoms with van der Waals surface area (Å²) in [5, 5.41) is 1.22. The van der Waals surface area contributed by atoms with Crippen molar-refractivity contribution in [3.05, 3.63) is 59.0 Å². The van der Waals surface area contributed by atoms with Crippen molar-refractivity contribution in [1.29, 1.82) is 0 Å². The maximum absolute atomic E-state index is 13.4. The van der Waals surface area contributed by atoms with Crippen LogP contribution in [-0.4, -0.2) is 54.5 Å². The highest BCUT2D eigenvalue weighted by Crippen LogP contribution is 2.39. The average molecular weight is 481 g/mol. The van der Waals surface area contributed by atoms with Crippen LogP contribution in [0.4, 0.5) is 13.2 Å². The van der Waals surface area contributed by atoms with E-state index in [1.165, 1.54) is 23.3 Å². The molecule has 2 N–H and O–H groups in total. The third-order valence-corrected chi connectivity index (χ3v) is 5.30. The summed E-state index contributed by atoms with van der Waals surface area (Å²) in [7, 11) is 0. The highest BCUT2D eigenvalue weighted by molar-refractivity contribution is 6.17. The first-order chi connectivity index (χ1) is 16.2. The number of carbonyl (C=O) groups excluding carboxylic acids is 4. The molecule has 0 radical (unpaired) electrons. The lowest BCUT2D eigenvalue weighted by atomic mass is 9.70. The molecule has 4 rings (SSSR count). The van der Waals surface area contributed by atoms with E-state index in [4.69, 9.17) is 4.89 Å². The number of ether oxygens (including phenoxy) is 1. The van der Waals surface area contributed by atoms with Crippen LogP contribution in [-0.2, 0) is 24.1 Å². The Bertz CT molecular complexity index is 1100. The largest absolute Gasteiger partial charge is 0.491 e. The van der Waals surface area contributed by atoms with Gasteiger partial charge in [-0.15, -0.1) is 0 Å². The van der Waals surface area contributed by atoms with Gasteiger partial charge >= 0.3 is 18.1 Å². The molecule has 180 valence electrons. The van der Waals surface area contributed by atoms with Crippen LogP contribution in [0.25, 0.3) is 0 Å². The van der Waals surface area contributed by atoms with Crippen molar-refractivity contribution in [2.45, 2.75) is 12.6 Å². The topological polar surface area (TPSA) is 123 Å². The predicted octanol–water partition coefficient (Wildman–Crippen LogP) is 1.37. The van der Waals surface area contributed by atoms with Crippen molar-refractivity contribution >= 4 is 23.5 Å². The fraction of sp³-hybridized carbons (Fsp3) is 0.333. The minimum atomic E-state index is -5.29. The van der Waals surface area contributed by atoms with Gasteiger partial charge in [0.2, 0.25) is 0 Å². The van der Waals surface area contributed by atoms with Crippen molar-refractivity contribution in [2.75, 3.05) is 19.7 Å². The fourth-order valence-electron chi connectivity index (χ4n) is 3.79. The summed E-state index contributed by atoms with van der Waals surface area (Å²) < 4.78 is 43.2. The Morgan fingerprint density at radius 2 is 1.85 bits per heavy atom. The van der Waals surface area contributed by atoms with Crippen molar-refractivity contribution < 1.29 is 46.9 Å². The van der Waals surface area contributed by atoms with Crippen molar-refractivity contribution in [3.8, 4) is 0 Å². The molecule has 2 atom stereocenters. The summed E-state index contributed by atoms with van der Waals surface area (Å²) in [5.41, 5.74) is 5.43. The van der Waals surface area contributed by atoms with Gasteiger partial charge in [0, 0.05) is 17.7 Å². The van der Waals surface area contributed by atoms with Crippen LogP contribution in [0.5, 0.6) is 0 Å². The Hall–Kier alpha value is -3.55. The molecule has 10 nitrogen and oxygen atoms in total. The second-order valence-corrected chi connectivity index (χ2v) is 7.53. The maximum Gasteiger partial charge on any atom is 0.491 e. The molecular formula is C21H18F3N3O7. The van der Waals surface area contributed by atoms with E-state index in [0.29, 0.717) is 6.42 Å². The summed E-state index contributed by atoms with van der Waals surface area (Å²) in [6.07, 6.45) is -2.71. The van der Waals surface area contributed by atoms with Crippen LogP contribution in [0.15, 0.2) is 47.9 Å². The average Bonchev–Trinajstić information content (AvgIpc) is 2.90. The van der Waals surface area contributed by atoms with Gasteiger partial charge in [0.05, 0.1) is 24.1 Å². The molecule has 3 aliphatic rings. The molecule has 1 heterocycles. The minimum absolute atomic E-state index is 0.0251. The number of ketones is 2. The van der Waals surface area contributed by atoms with Crippen molar-refractivity contribution in [1.82, 2.24) is 16.0 Å². The van der Waals surface area contributed by atoms with E-state index >= 15 is 0 Å². The van der Waals surface area contributed by atoms with Gasteiger partial charge in [0.15, 0.2) is 17.3 Å². The number of hydrazine groups is 2. The van der Waals surface area contributed by atoms with E-state index in [-0.39, 0.29) is 36.5 Å². The van der Waals surface area contributed by atoms with E-state index in [0.717, 1.165) is 6.08 Å². The van der Waals surface area contributed by atoms with Gasteiger partial charge in [-0.05, 0) is 12.5 Å². The number of fused-ring (bicyclic) bond motifs is 2. The summed E-state index contributed by atoms with van der Waals surface area (Å²) >= 11 is 0. The van der Waals surface area contributed by atoms with E-state index in [9.17, 15) is 32.3 Å². The molecule has 1 fully saturated rings. The summed E-state index contributed by atoms with van der Waals surface area (Å²) in [4.78, 5) is 58.8. The molecule has 0 aromatic heterocycles. The number of alkyl halides is 3. The number of hydrogen-bond donors (Lipinski definition) is 2. The third-order valence-electron chi connectivity index (χ3n) is 5.30. The number of rotatable bonds is 3. The lowest BCUT2D eigenvalue weighted by Gasteiger charge is -2.36. The molecule has 13 heteroatoms. The molecule has 34 heavy (non-hydrogen) atoms. The first-order valence-electron chi connectivity index (χ1n) is 10.2. The van der Waals surface area contributed by atoms with Crippen LogP contribution < -0.4 is 10.9 Å². The van der Waals surface area contributed by atoms with E-state index < -0.39 is 47.3 Å². The van der Waals surface area contributed by atoms with Crippen molar-refractivity contribution in [3.63, 3.8) is 0 Å². The second kappa shape index (κ2) is 9.37. The van der Waals surface area contributed by atoms with Crippen LogP contribution in [0.3, 0.4) is 0 Å². The maximum atomic E-state index is 13.4. The quantitative estimate of drug-likeness (QED) is 0.483. The summed E-state index contributed by atoms with van der Waals surface area (Å²) in [6.45, 7) is -0.213. The number of nitrogens with one attached hydrogen (secondary N) is 2. The highest BCUT2D eigenvalue weighted by atomic mass is 19.4. The van der Waals surface area contributed by atoms with Gasteiger partial charge in [-0.2, -0.15) is 23.2 Å². The third kappa shape index (κ3) is 4.71. The van der Waals surface area contributed by atoms with Gasteiger partial charge < -0.3 is 10.2 Å². The molecule has 1 aromatic carbocycles.